The van der Waals surface area contributed by atoms with Crippen LogP contribution in [0.2, 0.25) is 0 Å². The first-order chi connectivity index (χ1) is 36.3. The standard InChI is InChI=1S/C68H56O5Si/c1-49(67(70)72-56-38-21-8-22-39-56)66(69)68(71)73-74(46-63-57(50-26-9-2-10-27-50)40-23-41-58(63)51-28-11-3-12-29-51,47-64-59(52-30-13-4-14-31-52)42-24-43-60(64)53-32-15-5-16-33-53)48-65-61(54-34-17-6-18-35-54)44-25-45-62(65)55-36-19-7-20-37-55/h2-45,49,66,69H,46-48H2,1H3/t49-,66+/m0/s1. The summed E-state index contributed by atoms with van der Waals surface area (Å²) < 4.78 is 13.3. The summed E-state index contributed by atoms with van der Waals surface area (Å²) >= 11 is 0. The molecule has 0 amide bonds. The molecule has 0 aliphatic rings. The van der Waals surface area contributed by atoms with E-state index in [1.807, 2.05) is 42.5 Å². The van der Waals surface area contributed by atoms with E-state index in [-0.39, 0.29) is 0 Å². The first kappa shape index (κ1) is 48.9. The highest BCUT2D eigenvalue weighted by atomic mass is 28.4. The second kappa shape index (κ2) is 22.8. The summed E-state index contributed by atoms with van der Waals surface area (Å²) in [6.07, 6.45) is -1.85. The lowest BCUT2D eigenvalue weighted by atomic mass is 9.92. The van der Waals surface area contributed by atoms with Gasteiger partial charge in [-0.15, -0.1) is 0 Å². The third-order valence-electron chi connectivity index (χ3n) is 13.9. The van der Waals surface area contributed by atoms with Gasteiger partial charge in [0.15, 0.2) is 6.10 Å². The molecule has 5 nitrogen and oxygen atoms in total. The molecule has 6 heteroatoms. The summed E-state index contributed by atoms with van der Waals surface area (Å²) in [5, 5.41) is 12.3. The molecular weight excluding hydrogens is 925 g/mol. The van der Waals surface area contributed by atoms with Crippen LogP contribution in [-0.2, 0) is 32.1 Å². The van der Waals surface area contributed by atoms with Crippen molar-refractivity contribution < 1.29 is 23.9 Å². The van der Waals surface area contributed by atoms with Crippen molar-refractivity contribution in [3.05, 3.63) is 284 Å². The summed E-state index contributed by atoms with van der Waals surface area (Å²) in [5.41, 5.74) is 15.3. The minimum atomic E-state index is -3.95. The van der Waals surface area contributed by atoms with Gasteiger partial charge in [0.05, 0.1) is 5.92 Å². The summed E-state index contributed by atoms with van der Waals surface area (Å²) in [4.78, 5) is 29.5. The molecule has 0 aliphatic carbocycles. The zero-order valence-electron chi connectivity index (χ0n) is 41.3. The van der Waals surface area contributed by atoms with Gasteiger partial charge in [0, 0.05) is 18.1 Å². The van der Waals surface area contributed by atoms with E-state index in [4.69, 9.17) is 9.16 Å². The third kappa shape index (κ3) is 11.0. The Bertz CT molecular complexity index is 2980. The SMILES string of the molecule is C[C@H](C(=O)Oc1ccccc1)[C@@H](O)C(=O)O[Si](Cc1c(-c2ccccc2)cccc1-c1ccccc1)(Cc1c(-c2ccccc2)cccc1-c1ccccc1)Cc1c(-c2ccccc2)cccc1-c1ccccc1. The van der Waals surface area contributed by atoms with E-state index in [0.29, 0.717) is 23.9 Å². The maximum Gasteiger partial charge on any atom is 0.322 e. The van der Waals surface area contributed by atoms with Crippen LogP contribution in [0.3, 0.4) is 0 Å². The summed E-state index contributed by atoms with van der Waals surface area (Å²) in [5.74, 6) is -2.56. The molecule has 10 rings (SSSR count). The molecule has 2 atom stereocenters. The van der Waals surface area contributed by atoms with E-state index in [1.165, 1.54) is 6.92 Å². The topological polar surface area (TPSA) is 72.8 Å². The second-order valence-corrected chi connectivity index (χ2v) is 22.4. The summed E-state index contributed by atoms with van der Waals surface area (Å²) in [6, 6.07) is 91.3. The molecule has 0 radical (unpaired) electrons. The predicted octanol–water partition coefficient (Wildman–Crippen LogP) is 15.4. The number of esters is 1. The fraction of sp³-hybridized carbons (Fsp3) is 0.0882. The maximum absolute atomic E-state index is 15.6. The van der Waals surface area contributed by atoms with Crippen LogP contribution in [0.1, 0.15) is 23.6 Å². The van der Waals surface area contributed by atoms with Crippen LogP contribution < -0.4 is 4.74 Å². The van der Waals surface area contributed by atoms with Crippen molar-refractivity contribution in [3.63, 3.8) is 0 Å². The molecule has 0 bridgehead atoms. The Morgan fingerprint density at radius 2 is 0.595 bits per heavy atom. The largest absolute Gasteiger partial charge is 0.516 e. The van der Waals surface area contributed by atoms with E-state index in [1.54, 1.807) is 24.3 Å². The number of aliphatic hydroxyl groups is 1. The average molecular weight is 981 g/mol. The van der Waals surface area contributed by atoms with Gasteiger partial charge in [-0.2, -0.15) is 0 Å². The molecule has 0 aromatic heterocycles. The number of rotatable bonds is 17. The van der Waals surface area contributed by atoms with Gasteiger partial charge in [-0.1, -0.05) is 255 Å². The molecule has 74 heavy (non-hydrogen) atoms. The maximum atomic E-state index is 15.6. The van der Waals surface area contributed by atoms with Crippen molar-refractivity contribution in [1.82, 2.24) is 0 Å². The van der Waals surface area contributed by atoms with Gasteiger partial charge in [0.1, 0.15) is 5.75 Å². The van der Waals surface area contributed by atoms with Crippen LogP contribution >= 0.6 is 0 Å². The quantitative estimate of drug-likeness (QED) is 0.0559. The summed E-state index contributed by atoms with van der Waals surface area (Å²) in [6.45, 7) is 1.52. The van der Waals surface area contributed by atoms with Crippen molar-refractivity contribution in [3.8, 4) is 72.5 Å². The number of ether oxygens (including phenoxy) is 1. The zero-order chi connectivity index (χ0) is 50.7. The van der Waals surface area contributed by atoms with Crippen LogP contribution in [0.15, 0.2) is 267 Å². The van der Waals surface area contributed by atoms with Gasteiger partial charge < -0.3 is 14.3 Å². The van der Waals surface area contributed by atoms with Crippen molar-refractivity contribution >= 4 is 20.3 Å². The summed E-state index contributed by atoms with van der Waals surface area (Å²) in [7, 11) is -3.95. The van der Waals surface area contributed by atoms with Gasteiger partial charge >= 0.3 is 11.9 Å². The average Bonchev–Trinajstić information content (AvgIpc) is 3.47. The fourth-order valence-electron chi connectivity index (χ4n) is 10.2. The Kier molecular flexibility index (Phi) is 15.1. The van der Waals surface area contributed by atoms with Crippen molar-refractivity contribution in [2.45, 2.75) is 31.2 Å². The normalized spacial score (nSPS) is 12.1. The lowest BCUT2D eigenvalue weighted by Gasteiger charge is -2.36. The van der Waals surface area contributed by atoms with Crippen LogP contribution in [0, 0.1) is 5.92 Å². The number of carbonyl (C=O) groups is 2. The highest BCUT2D eigenvalue weighted by Gasteiger charge is 2.46. The van der Waals surface area contributed by atoms with Crippen molar-refractivity contribution in [2.24, 2.45) is 5.92 Å². The van der Waals surface area contributed by atoms with Crippen molar-refractivity contribution in [2.75, 3.05) is 0 Å². The lowest BCUT2D eigenvalue weighted by molar-refractivity contribution is -0.156. The Morgan fingerprint density at radius 1 is 0.351 bits per heavy atom. The van der Waals surface area contributed by atoms with Crippen molar-refractivity contribution in [1.29, 1.82) is 0 Å². The second-order valence-electron chi connectivity index (χ2n) is 18.8. The molecule has 10 aromatic carbocycles. The molecule has 0 saturated carbocycles. The molecule has 0 fully saturated rings. The van der Waals surface area contributed by atoms with Gasteiger partial charge in [0.2, 0.25) is 0 Å². The van der Waals surface area contributed by atoms with Crippen LogP contribution in [0.4, 0.5) is 0 Å². The van der Waals surface area contributed by atoms with Crippen LogP contribution in [0.25, 0.3) is 66.8 Å². The first-order valence-corrected chi connectivity index (χ1v) is 27.7. The zero-order valence-corrected chi connectivity index (χ0v) is 42.3. The molecule has 10 aromatic rings. The van der Waals surface area contributed by atoms with Crippen LogP contribution in [-0.4, -0.2) is 31.5 Å². The molecular formula is C68H56O5Si. The molecule has 0 heterocycles. The number of hydrogen-bond acceptors (Lipinski definition) is 5. The monoisotopic (exact) mass is 980 g/mol. The molecule has 0 spiro atoms. The van der Waals surface area contributed by atoms with E-state index >= 15 is 4.79 Å². The third-order valence-corrected chi connectivity index (χ3v) is 17.5. The molecule has 0 saturated heterocycles. The fourth-order valence-corrected chi connectivity index (χ4v) is 14.4. The molecule has 1 N–H and O–H groups in total. The number of para-hydroxylation sites is 1. The van der Waals surface area contributed by atoms with E-state index < -0.39 is 32.3 Å². The molecule has 362 valence electrons. The number of benzene rings is 10. The van der Waals surface area contributed by atoms with Gasteiger partial charge in [0.25, 0.3) is 8.32 Å². The van der Waals surface area contributed by atoms with E-state index in [9.17, 15) is 9.90 Å². The van der Waals surface area contributed by atoms with Gasteiger partial charge in [-0.3, -0.25) is 9.59 Å². The van der Waals surface area contributed by atoms with E-state index in [0.717, 1.165) is 83.5 Å². The lowest BCUT2D eigenvalue weighted by Crippen LogP contribution is -2.52. The minimum absolute atomic E-state index is 0.316. The number of carbonyl (C=O) groups excluding carboxylic acids is 2. The number of hydrogen-bond donors (Lipinski definition) is 1. The Labute approximate surface area is 435 Å². The minimum Gasteiger partial charge on any atom is -0.516 e. The highest BCUT2D eigenvalue weighted by molar-refractivity contribution is 6.74. The van der Waals surface area contributed by atoms with Gasteiger partial charge in [-0.05, 0) is 103 Å². The van der Waals surface area contributed by atoms with Crippen LogP contribution in [0.5, 0.6) is 5.75 Å². The Balaban J connectivity index is 1.27. The van der Waals surface area contributed by atoms with Gasteiger partial charge in [-0.25, -0.2) is 0 Å². The Hall–Kier alpha value is -8.68. The Morgan fingerprint density at radius 3 is 0.851 bits per heavy atom. The smallest absolute Gasteiger partial charge is 0.322 e. The molecule has 0 aliphatic heterocycles. The number of aliphatic hydroxyl groups excluding tert-OH is 1. The predicted molar refractivity (Wildman–Crippen MR) is 302 cm³/mol. The first-order valence-electron chi connectivity index (χ1n) is 25.2. The van der Waals surface area contributed by atoms with E-state index in [2.05, 4.69) is 200 Å². The molecule has 0 unspecified atom stereocenters. The highest BCUT2D eigenvalue weighted by Crippen LogP contribution is 2.43.